The van der Waals surface area contributed by atoms with E-state index in [0.717, 1.165) is 24.5 Å². The molecular formula is C15H20ClN5O2S. The van der Waals surface area contributed by atoms with Crippen LogP contribution in [-0.4, -0.2) is 36.3 Å². The fraction of sp³-hybridized carbons (Fsp3) is 0.467. The Bertz CT molecular complexity index is 826. The zero-order valence-electron chi connectivity index (χ0n) is 13.7. The highest BCUT2D eigenvalue weighted by molar-refractivity contribution is 7.89. The van der Waals surface area contributed by atoms with E-state index in [1.54, 1.807) is 20.2 Å². The minimum atomic E-state index is -3.73. The molecule has 0 aliphatic carbocycles. The molecule has 1 aliphatic heterocycles. The van der Waals surface area contributed by atoms with Crippen LogP contribution in [0.1, 0.15) is 24.1 Å². The molecule has 0 saturated carbocycles. The monoisotopic (exact) mass is 369 g/mol. The van der Waals surface area contributed by atoms with Gasteiger partial charge in [-0.05, 0) is 31.4 Å². The summed E-state index contributed by atoms with van der Waals surface area (Å²) in [5.74, 6) is 0.935. The average molecular weight is 370 g/mol. The van der Waals surface area contributed by atoms with Gasteiger partial charge in [0.05, 0.1) is 5.69 Å². The quantitative estimate of drug-likeness (QED) is 0.870. The SMILES string of the molecule is Cc1nn(C)c(Cl)c1S(=O)(=O)NCc1ccc(N2CCCC2)nc1. The van der Waals surface area contributed by atoms with E-state index in [0.29, 0.717) is 5.69 Å². The van der Waals surface area contributed by atoms with Gasteiger partial charge in [0.2, 0.25) is 10.0 Å². The number of aromatic nitrogens is 3. The molecule has 130 valence electrons. The summed E-state index contributed by atoms with van der Waals surface area (Å²) in [6, 6.07) is 3.82. The summed E-state index contributed by atoms with van der Waals surface area (Å²) in [5, 5.41) is 4.13. The predicted octanol–water partition coefficient (Wildman–Crippen LogP) is 1.86. The van der Waals surface area contributed by atoms with Crippen LogP contribution in [0, 0.1) is 6.92 Å². The first-order chi connectivity index (χ1) is 11.4. The van der Waals surface area contributed by atoms with Crippen LogP contribution in [0.4, 0.5) is 5.82 Å². The van der Waals surface area contributed by atoms with Crippen LogP contribution in [0.5, 0.6) is 0 Å². The van der Waals surface area contributed by atoms with Crippen LogP contribution < -0.4 is 9.62 Å². The molecule has 2 aromatic rings. The Balaban J connectivity index is 1.70. The highest BCUT2D eigenvalue weighted by atomic mass is 35.5. The van der Waals surface area contributed by atoms with Gasteiger partial charge in [0.15, 0.2) is 0 Å². The van der Waals surface area contributed by atoms with E-state index in [1.165, 1.54) is 17.5 Å². The normalized spacial score (nSPS) is 15.2. The largest absolute Gasteiger partial charge is 0.357 e. The van der Waals surface area contributed by atoms with E-state index in [9.17, 15) is 8.42 Å². The van der Waals surface area contributed by atoms with Crippen molar-refractivity contribution in [3.63, 3.8) is 0 Å². The van der Waals surface area contributed by atoms with Crippen molar-refractivity contribution in [1.29, 1.82) is 0 Å². The molecule has 2 aromatic heterocycles. The third-order valence-electron chi connectivity index (χ3n) is 4.07. The predicted molar refractivity (Wildman–Crippen MR) is 92.7 cm³/mol. The number of aryl methyl sites for hydroxylation is 2. The molecule has 1 fully saturated rings. The van der Waals surface area contributed by atoms with Gasteiger partial charge in [-0.1, -0.05) is 17.7 Å². The van der Waals surface area contributed by atoms with E-state index in [-0.39, 0.29) is 16.6 Å². The first kappa shape index (κ1) is 17.2. The van der Waals surface area contributed by atoms with E-state index in [4.69, 9.17) is 11.6 Å². The highest BCUT2D eigenvalue weighted by Gasteiger charge is 2.24. The second-order valence-corrected chi connectivity index (χ2v) is 7.93. The number of pyridine rings is 1. The molecule has 0 aromatic carbocycles. The number of halogens is 1. The van der Waals surface area contributed by atoms with Crippen LogP contribution >= 0.6 is 11.6 Å². The van der Waals surface area contributed by atoms with Crippen molar-refractivity contribution in [1.82, 2.24) is 19.5 Å². The van der Waals surface area contributed by atoms with Gasteiger partial charge in [-0.25, -0.2) is 18.1 Å². The lowest BCUT2D eigenvalue weighted by Gasteiger charge is -2.16. The summed E-state index contributed by atoms with van der Waals surface area (Å²) >= 11 is 6.04. The molecule has 3 heterocycles. The number of nitrogens with zero attached hydrogens (tertiary/aromatic N) is 4. The van der Waals surface area contributed by atoms with Gasteiger partial charge >= 0.3 is 0 Å². The van der Waals surface area contributed by atoms with Crippen molar-refractivity contribution >= 4 is 27.4 Å². The standard InChI is InChI=1S/C15H20ClN5O2S/c1-11-14(15(16)20(2)19-11)24(22,23)18-10-12-5-6-13(17-9-12)21-7-3-4-8-21/h5-6,9,18H,3-4,7-8,10H2,1-2H3. The maximum atomic E-state index is 12.5. The average Bonchev–Trinajstić information content (AvgIpc) is 3.15. The van der Waals surface area contributed by atoms with Crippen molar-refractivity contribution in [2.45, 2.75) is 31.2 Å². The maximum Gasteiger partial charge on any atom is 0.245 e. The molecular weight excluding hydrogens is 350 g/mol. The Morgan fingerprint density at radius 1 is 1.29 bits per heavy atom. The Labute approximate surface area is 146 Å². The number of hydrogen-bond acceptors (Lipinski definition) is 5. The number of nitrogens with one attached hydrogen (secondary N) is 1. The lowest BCUT2D eigenvalue weighted by Crippen LogP contribution is -2.24. The maximum absolute atomic E-state index is 12.5. The van der Waals surface area contributed by atoms with Crippen molar-refractivity contribution in [2.24, 2.45) is 7.05 Å². The Morgan fingerprint density at radius 2 is 2.00 bits per heavy atom. The Hall–Kier alpha value is -1.64. The minimum absolute atomic E-state index is 0.0216. The number of hydrogen-bond donors (Lipinski definition) is 1. The zero-order chi connectivity index (χ0) is 17.3. The zero-order valence-corrected chi connectivity index (χ0v) is 15.2. The molecule has 24 heavy (non-hydrogen) atoms. The summed E-state index contributed by atoms with van der Waals surface area (Å²) in [6.45, 7) is 3.82. The van der Waals surface area contributed by atoms with Crippen LogP contribution in [0.2, 0.25) is 5.15 Å². The molecule has 0 spiro atoms. The summed E-state index contributed by atoms with van der Waals surface area (Å²) in [5.41, 5.74) is 1.16. The molecule has 0 unspecified atom stereocenters. The van der Waals surface area contributed by atoms with Crippen molar-refractivity contribution < 1.29 is 8.42 Å². The van der Waals surface area contributed by atoms with E-state index in [1.807, 2.05) is 12.1 Å². The second-order valence-electron chi connectivity index (χ2n) is 5.87. The van der Waals surface area contributed by atoms with Gasteiger partial charge in [0.25, 0.3) is 0 Å². The first-order valence-electron chi connectivity index (χ1n) is 7.77. The number of rotatable bonds is 5. The molecule has 0 radical (unpaired) electrons. The molecule has 7 nitrogen and oxygen atoms in total. The summed E-state index contributed by atoms with van der Waals surface area (Å²) in [6.07, 6.45) is 4.08. The van der Waals surface area contributed by atoms with E-state index in [2.05, 4.69) is 19.7 Å². The van der Waals surface area contributed by atoms with Gasteiger partial charge in [0.1, 0.15) is 15.9 Å². The highest BCUT2D eigenvalue weighted by Crippen LogP contribution is 2.24. The molecule has 9 heteroatoms. The van der Waals surface area contributed by atoms with Crippen molar-refractivity contribution in [3.8, 4) is 0 Å². The van der Waals surface area contributed by atoms with E-state index < -0.39 is 10.0 Å². The summed E-state index contributed by atoms with van der Waals surface area (Å²) in [7, 11) is -2.12. The van der Waals surface area contributed by atoms with Crippen LogP contribution in [0.25, 0.3) is 0 Å². The lowest BCUT2D eigenvalue weighted by molar-refractivity contribution is 0.580. The third-order valence-corrected chi connectivity index (χ3v) is 6.17. The number of sulfonamides is 1. The third kappa shape index (κ3) is 3.40. The Morgan fingerprint density at radius 3 is 2.54 bits per heavy atom. The van der Waals surface area contributed by atoms with Gasteiger partial charge in [-0.3, -0.25) is 4.68 Å². The van der Waals surface area contributed by atoms with Gasteiger partial charge in [0, 0.05) is 32.9 Å². The van der Waals surface area contributed by atoms with Gasteiger partial charge in [-0.2, -0.15) is 5.10 Å². The summed E-state index contributed by atoms with van der Waals surface area (Å²) in [4.78, 5) is 6.67. The molecule has 1 saturated heterocycles. The van der Waals surface area contributed by atoms with Crippen LogP contribution in [0.3, 0.4) is 0 Å². The fourth-order valence-electron chi connectivity index (χ4n) is 2.82. The molecule has 1 N–H and O–H groups in total. The topological polar surface area (TPSA) is 80.1 Å². The van der Waals surface area contributed by atoms with Crippen LogP contribution in [-0.2, 0) is 23.6 Å². The van der Waals surface area contributed by atoms with E-state index >= 15 is 0 Å². The van der Waals surface area contributed by atoms with Crippen LogP contribution in [0.15, 0.2) is 23.2 Å². The summed E-state index contributed by atoms with van der Waals surface area (Å²) < 4.78 is 28.8. The Kier molecular flexibility index (Phi) is 4.80. The second kappa shape index (κ2) is 6.70. The molecule has 0 bridgehead atoms. The fourth-order valence-corrected chi connectivity index (χ4v) is 4.58. The van der Waals surface area contributed by atoms with Crippen molar-refractivity contribution in [2.75, 3.05) is 18.0 Å². The molecule has 0 amide bonds. The molecule has 1 aliphatic rings. The van der Waals surface area contributed by atoms with Gasteiger partial charge in [-0.15, -0.1) is 0 Å². The molecule has 0 atom stereocenters. The smallest absolute Gasteiger partial charge is 0.245 e. The number of anilines is 1. The van der Waals surface area contributed by atoms with Gasteiger partial charge < -0.3 is 4.90 Å². The first-order valence-corrected chi connectivity index (χ1v) is 9.63. The molecule has 3 rings (SSSR count). The van der Waals surface area contributed by atoms with Crippen molar-refractivity contribution in [3.05, 3.63) is 34.7 Å². The minimum Gasteiger partial charge on any atom is -0.357 e. The lowest BCUT2D eigenvalue weighted by atomic mass is 10.3.